The van der Waals surface area contributed by atoms with Crippen molar-refractivity contribution in [2.75, 3.05) is 20.4 Å². The Bertz CT molecular complexity index is 2360. The number of aliphatic hydroxyl groups is 4. The summed E-state index contributed by atoms with van der Waals surface area (Å²) in [6, 6.07) is 24.4. The van der Waals surface area contributed by atoms with Crippen LogP contribution >= 0.6 is 0 Å². The number of hydrogen-bond donors (Lipinski definition) is 7. The standard InChI is InChI=1S/C42H43N3O14/c1-53-37-26(54-18-46)12-11-22-31-27(13-19-7-3-2-4-8-19)56-28-15-20(14-23(32(28)38(31)58-36(22)37)24-17-45-25-10-6-5-9-21(24)25)55-42-35(52)33(50)34(51)39(59-42)40(41(43)44)57-30(49)16-29(47)48/h2-12,14-15,27,31,33-35,38-42,46,50-52H,13,16-18,43-44H2,1H3,(H,47,48). The van der Waals surface area contributed by atoms with Crippen LogP contribution in [0.25, 0.3) is 5.57 Å². The quantitative estimate of drug-likeness (QED) is 0.0528. The summed E-state index contributed by atoms with van der Waals surface area (Å²) in [5.74, 6) is -1.54. The summed E-state index contributed by atoms with van der Waals surface area (Å²) in [5, 5.41) is 53.5. The molecule has 0 aliphatic carbocycles. The average molecular weight is 814 g/mol. The normalized spacial score (nSPS) is 25.6. The summed E-state index contributed by atoms with van der Waals surface area (Å²) in [5.41, 5.74) is 15.7. The average Bonchev–Trinajstić information content (AvgIpc) is 3.83. The Hall–Kier alpha value is -5.79. The molecule has 59 heavy (non-hydrogen) atoms. The van der Waals surface area contributed by atoms with Crippen LogP contribution in [0.15, 0.2) is 83.9 Å². The molecule has 4 aromatic carbocycles. The van der Waals surface area contributed by atoms with E-state index in [1.54, 1.807) is 18.2 Å². The van der Waals surface area contributed by atoms with Gasteiger partial charge < -0.3 is 70.2 Å². The number of hydrogen-bond acceptors (Lipinski definition) is 16. The van der Waals surface area contributed by atoms with Gasteiger partial charge in [-0.1, -0.05) is 54.6 Å². The van der Waals surface area contributed by atoms with Crippen molar-refractivity contribution in [2.45, 2.75) is 73.9 Å². The van der Waals surface area contributed by atoms with Crippen molar-refractivity contribution in [1.82, 2.24) is 0 Å². The van der Waals surface area contributed by atoms with E-state index in [2.05, 4.69) is 0 Å². The van der Waals surface area contributed by atoms with Gasteiger partial charge >= 0.3 is 11.9 Å². The minimum Gasteiger partial charge on any atom is -0.490 e. The Kier molecular flexibility index (Phi) is 11.2. The maximum Gasteiger partial charge on any atom is 0.317 e. The second-order valence-corrected chi connectivity index (χ2v) is 14.6. The van der Waals surface area contributed by atoms with Crippen LogP contribution in [0.2, 0.25) is 0 Å². The Morgan fingerprint density at radius 3 is 2.44 bits per heavy atom. The molecule has 9 N–H and O–H groups in total. The van der Waals surface area contributed by atoms with Crippen LogP contribution in [0.4, 0.5) is 0 Å². The Labute approximate surface area is 336 Å². The van der Waals surface area contributed by atoms with Gasteiger partial charge in [0.15, 0.2) is 24.4 Å². The number of para-hydroxylation sites is 1. The first kappa shape index (κ1) is 40.0. The third-order valence-electron chi connectivity index (χ3n) is 10.9. The molecule has 310 valence electrons. The van der Waals surface area contributed by atoms with Crippen molar-refractivity contribution in [2.24, 2.45) is 16.5 Å². The Morgan fingerprint density at radius 1 is 0.949 bits per heavy atom. The molecule has 0 aromatic heterocycles. The Morgan fingerprint density at radius 2 is 1.71 bits per heavy atom. The summed E-state index contributed by atoms with van der Waals surface area (Å²) >= 11 is 0. The maximum absolute atomic E-state index is 12.3. The number of esters is 1. The van der Waals surface area contributed by atoms with Crippen molar-refractivity contribution in [1.29, 1.82) is 0 Å². The number of aliphatic carboxylic acids is 1. The van der Waals surface area contributed by atoms with Crippen LogP contribution in [-0.4, -0.2) is 107 Å². The minimum absolute atomic E-state index is 0.113. The molecule has 0 radical (unpaired) electrons. The molecule has 1 saturated heterocycles. The first-order valence-corrected chi connectivity index (χ1v) is 18.9. The summed E-state index contributed by atoms with van der Waals surface area (Å²) in [4.78, 5) is 28.3. The van der Waals surface area contributed by atoms with E-state index >= 15 is 0 Å². The molecule has 8 rings (SSSR count). The highest BCUT2D eigenvalue weighted by molar-refractivity contribution is 5.90. The zero-order chi connectivity index (χ0) is 41.5. The lowest BCUT2D eigenvalue weighted by atomic mass is 9.79. The molecule has 0 spiro atoms. The summed E-state index contributed by atoms with van der Waals surface area (Å²) in [7, 11) is 1.49. The fourth-order valence-corrected chi connectivity index (χ4v) is 8.28. The third-order valence-corrected chi connectivity index (χ3v) is 10.9. The molecule has 9 unspecified atom stereocenters. The first-order chi connectivity index (χ1) is 28.5. The van der Waals surface area contributed by atoms with E-state index in [1.165, 1.54) is 7.11 Å². The predicted molar refractivity (Wildman–Crippen MR) is 204 cm³/mol. The van der Waals surface area contributed by atoms with Gasteiger partial charge in [-0.25, -0.2) is 0 Å². The number of carboxylic acid groups (broad SMARTS) is 1. The SMILES string of the molecule is COc1c(OCO)ccc2c1OC1c3c(cc(OC4OC(C(OC(=O)CC(=O)O)C(N)N)C(O)C(O)C4O)cc3C3=c4ccccc4=NC3)OC(Cc3ccccc3)C21. The summed E-state index contributed by atoms with van der Waals surface area (Å²) in [6.45, 7) is -0.289. The lowest BCUT2D eigenvalue weighted by Crippen LogP contribution is -2.66. The van der Waals surface area contributed by atoms with Gasteiger partial charge in [-0.05, 0) is 34.9 Å². The number of ether oxygens (including phenoxy) is 7. The molecule has 17 heteroatoms. The zero-order valence-corrected chi connectivity index (χ0v) is 31.6. The topological polar surface area (TPSA) is 264 Å². The maximum atomic E-state index is 12.3. The van der Waals surface area contributed by atoms with Crippen LogP contribution in [0.1, 0.15) is 40.7 Å². The largest absolute Gasteiger partial charge is 0.490 e. The van der Waals surface area contributed by atoms with E-state index in [1.807, 2.05) is 60.7 Å². The van der Waals surface area contributed by atoms with Gasteiger partial charge in [-0.2, -0.15) is 0 Å². The van der Waals surface area contributed by atoms with Crippen molar-refractivity contribution in [3.63, 3.8) is 0 Å². The van der Waals surface area contributed by atoms with Crippen LogP contribution in [-0.2, 0) is 25.5 Å². The zero-order valence-electron chi connectivity index (χ0n) is 31.6. The molecule has 4 aromatic rings. The number of carbonyl (C=O) groups excluding carboxylic acids is 1. The summed E-state index contributed by atoms with van der Waals surface area (Å²) in [6.07, 6.45) is -13.9. The molecule has 9 atom stereocenters. The van der Waals surface area contributed by atoms with Crippen molar-refractivity contribution in [3.05, 3.63) is 112 Å². The predicted octanol–water partition coefficient (Wildman–Crippen LogP) is -0.107. The van der Waals surface area contributed by atoms with Gasteiger partial charge in [0, 0.05) is 28.8 Å². The molecular weight excluding hydrogens is 770 g/mol. The van der Waals surface area contributed by atoms with Crippen LogP contribution in [0.3, 0.4) is 0 Å². The fourth-order valence-electron chi connectivity index (χ4n) is 8.28. The van der Waals surface area contributed by atoms with Gasteiger partial charge in [-0.15, -0.1) is 0 Å². The van der Waals surface area contributed by atoms with E-state index in [4.69, 9.17) is 54.7 Å². The second-order valence-electron chi connectivity index (χ2n) is 14.6. The van der Waals surface area contributed by atoms with E-state index in [9.17, 15) is 30.0 Å². The van der Waals surface area contributed by atoms with Crippen molar-refractivity contribution < 1.29 is 68.3 Å². The highest BCUT2D eigenvalue weighted by Crippen LogP contribution is 2.60. The van der Waals surface area contributed by atoms with Gasteiger partial charge in [0.1, 0.15) is 54.5 Å². The van der Waals surface area contributed by atoms with Gasteiger partial charge in [0.2, 0.25) is 12.0 Å². The molecule has 0 saturated carbocycles. The number of benzene rings is 4. The highest BCUT2D eigenvalue weighted by atomic mass is 16.7. The molecule has 0 amide bonds. The second kappa shape index (κ2) is 16.5. The van der Waals surface area contributed by atoms with Crippen LogP contribution in [0.5, 0.6) is 28.7 Å². The fraction of sp³-hybridized carbons (Fsp3) is 0.357. The summed E-state index contributed by atoms with van der Waals surface area (Å²) < 4.78 is 42.5. The minimum atomic E-state index is -1.91. The van der Waals surface area contributed by atoms with Gasteiger partial charge in [-0.3, -0.25) is 14.6 Å². The molecule has 4 aliphatic rings. The number of carbonyl (C=O) groups is 2. The lowest BCUT2D eigenvalue weighted by Gasteiger charge is -2.43. The van der Waals surface area contributed by atoms with E-state index in [-0.39, 0.29) is 18.2 Å². The number of aliphatic hydroxyl groups excluding tert-OH is 4. The smallest absolute Gasteiger partial charge is 0.317 e. The van der Waals surface area contributed by atoms with Gasteiger partial charge in [0.05, 0.1) is 31.1 Å². The van der Waals surface area contributed by atoms with Gasteiger partial charge in [0.25, 0.3) is 0 Å². The molecule has 0 bridgehead atoms. The molecular formula is C42H43N3O14. The highest BCUT2D eigenvalue weighted by Gasteiger charge is 2.52. The number of rotatable bonds is 13. The van der Waals surface area contributed by atoms with E-state index in [0.717, 1.165) is 27.3 Å². The Balaban J connectivity index is 1.24. The van der Waals surface area contributed by atoms with Crippen LogP contribution in [0, 0.1) is 0 Å². The monoisotopic (exact) mass is 813 g/mol. The first-order valence-electron chi connectivity index (χ1n) is 18.9. The van der Waals surface area contributed by atoms with E-state index in [0.29, 0.717) is 40.5 Å². The number of fused-ring (bicyclic) bond motifs is 6. The number of nitrogens with zero attached hydrogens (tertiary/aromatic N) is 1. The van der Waals surface area contributed by atoms with E-state index < -0.39 is 80.3 Å². The van der Waals surface area contributed by atoms with Crippen molar-refractivity contribution in [3.8, 4) is 28.7 Å². The van der Waals surface area contributed by atoms with Crippen LogP contribution < -0.4 is 45.7 Å². The molecule has 17 nitrogen and oxygen atoms in total. The molecule has 4 aliphatic heterocycles. The number of nitrogens with two attached hydrogens (primary N) is 2. The third kappa shape index (κ3) is 7.53. The molecule has 1 fully saturated rings. The lowest BCUT2D eigenvalue weighted by molar-refractivity contribution is -0.291. The van der Waals surface area contributed by atoms with Crippen molar-refractivity contribution >= 4 is 17.5 Å². The molecule has 4 heterocycles. The number of methoxy groups -OCH3 is 1. The number of carboxylic acids is 1.